The predicted octanol–water partition coefficient (Wildman–Crippen LogP) is 3.48. The molecule has 1 atom stereocenters. The Kier molecular flexibility index (Phi) is 3.55. The van der Waals surface area contributed by atoms with Crippen molar-refractivity contribution in [2.45, 2.75) is 44.1 Å². The molecule has 2 fully saturated rings. The van der Waals surface area contributed by atoms with Crippen molar-refractivity contribution in [3.8, 4) is 0 Å². The quantitative estimate of drug-likeness (QED) is 0.861. The normalized spacial score (nSPS) is 33.2. The van der Waals surface area contributed by atoms with Crippen molar-refractivity contribution in [1.82, 2.24) is 0 Å². The molecule has 1 aromatic rings. The molecular weight excluding hydrogens is 262 g/mol. The Bertz CT molecular complexity index is 503. The molecule has 0 spiro atoms. The zero-order valence-electron chi connectivity index (χ0n) is 11.7. The second kappa shape index (κ2) is 5.08. The van der Waals surface area contributed by atoms with Crippen LogP contribution in [0.15, 0.2) is 12.1 Å². The van der Waals surface area contributed by atoms with Crippen molar-refractivity contribution in [2.75, 3.05) is 13.2 Å². The first kappa shape index (κ1) is 14.0. The first-order valence-corrected chi connectivity index (χ1v) is 7.28. The molecule has 20 heavy (non-hydrogen) atoms. The highest BCUT2D eigenvalue weighted by Gasteiger charge is 2.44. The molecule has 0 bridgehead atoms. The Morgan fingerprint density at radius 3 is 2.40 bits per heavy atom. The van der Waals surface area contributed by atoms with E-state index in [-0.39, 0.29) is 12.5 Å². The minimum absolute atomic E-state index is 0.0641. The lowest BCUT2D eigenvalue weighted by Crippen LogP contribution is -2.18. The second-order valence-electron chi connectivity index (χ2n) is 6.25. The van der Waals surface area contributed by atoms with Gasteiger partial charge >= 0.3 is 0 Å². The van der Waals surface area contributed by atoms with Gasteiger partial charge in [-0.2, -0.15) is 0 Å². The molecule has 0 radical (unpaired) electrons. The van der Waals surface area contributed by atoms with Gasteiger partial charge in [0.25, 0.3) is 0 Å². The summed E-state index contributed by atoms with van der Waals surface area (Å²) in [6.07, 6.45) is 3.39. The Hall–Kier alpha value is -1.00. The predicted molar refractivity (Wildman–Crippen MR) is 71.4 cm³/mol. The van der Waals surface area contributed by atoms with Crippen LogP contribution in [0.3, 0.4) is 0 Å². The molecule has 1 saturated heterocycles. The average molecular weight is 282 g/mol. The summed E-state index contributed by atoms with van der Waals surface area (Å²) in [7, 11) is 0. The molecule has 0 aromatic heterocycles. The first-order valence-electron chi connectivity index (χ1n) is 7.28. The minimum atomic E-state index is -0.758. The number of ether oxygens (including phenoxy) is 1. The van der Waals surface area contributed by atoms with Gasteiger partial charge in [-0.15, -0.1) is 0 Å². The molecule has 1 heterocycles. The number of rotatable bonds is 3. The number of aliphatic hydroxyl groups excluding tert-OH is 1. The molecule has 2 nitrogen and oxygen atoms in total. The largest absolute Gasteiger partial charge is 0.396 e. The summed E-state index contributed by atoms with van der Waals surface area (Å²) in [5, 5.41) is 9.13. The van der Waals surface area contributed by atoms with Crippen LogP contribution in [0.25, 0.3) is 0 Å². The van der Waals surface area contributed by atoms with Crippen molar-refractivity contribution >= 4 is 0 Å². The maximum atomic E-state index is 14.3. The Labute approximate surface area is 117 Å². The number of halogens is 2. The smallest absolute Gasteiger partial charge is 0.165 e. The van der Waals surface area contributed by atoms with E-state index in [9.17, 15) is 8.78 Å². The highest BCUT2D eigenvalue weighted by atomic mass is 19.2. The number of hydrogen-bond donors (Lipinski definition) is 1. The molecular formula is C16H20F2O2. The first-order chi connectivity index (χ1) is 9.55. The van der Waals surface area contributed by atoms with Gasteiger partial charge in [0, 0.05) is 12.2 Å². The molecule has 1 aliphatic carbocycles. The highest BCUT2D eigenvalue weighted by molar-refractivity contribution is 5.34. The summed E-state index contributed by atoms with van der Waals surface area (Å²) in [4.78, 5) is 0. The molecule has 2 aliphatic rings. The Morgan fingerprint density at radius 2 is 1.85 bits per heavy atom. The lowest BCUT2D eigenvalue weighted by molar-refractivity contribution is 0.181. The third kappa shape index (κ3) is 2.35. The van der Waals surface area contributed by atoms with Crippen LogP contribution in [0.1, 0.15) is 49.7 Å². The molecule has 3 rings (SSSR count). The van der Waals surface area contributed by atoms with Crippen LogP contribution in [-0.2, 0) is 10.3 Å². The van der Waals surface area contributed by atoms with Crippen molar-refractivity contribution in [3.63, 3.8) is 0 Å². The van der Waals surface area contributed by atoms with E-state index in [0.717, 1.165) is 25.7 Å². The van der Waals surface area contributed by atoms with Gasteiger partial charge in [-0.05, 0) is 50.0 Å². The standard InChI is InChI=1S/C16H20F2O2/c1-16(9-20-16)13-7-6-12(14(17)15(13)18)11-4-2-10(8-19)3-5-11/h6-7,10-11,19H,2-5,8-9H2,1H3. The lowest BCUT2D eigenvalue weighted by atomic mass is 9.78. The van der Waals surface area contributed by atoms with E-state index in [1.165, 1.54) is 0 Å². The van der Waals surface area contributed by atoms with Crippen molar-refractivity contribution < 1.29 is 18.6 Å². The van der Waals surface area contributed by atoms with Gasteiger partial charge in [0.05, 0.1) is 6.61 Å². The van der Waals surface area contributed by atoms with E-state index >= 15 is 0 Å². The molecule has 1 aliphatic heterocycles. The summed E-state index contributed by atoms with van der Waals surface area (Å²) < 4.78 is 33.7. The van der Waals surface area contributed by atoms with Crippen LogP contribution in [0.5, 0.6) is 0 Å². The fraction of sp³-hybridized carbons (Fsp3) is 0.625. The summed E-state index contributed by atoms with van der Waals surface area (Å²) in [5.74, 6) is -1.09. The summed E-state index contributed by atoms with van der Waals surface area (Å²) in [6.45, 7) is 2.42. The van der Waals surface area contributed by atoms with E-state index in [2.05, 4.69) is 0 Å². The summed E-state index contributed by atoms with van der Waals surface area (Å²) >= 11 is 0. The maximum Gasteiger partial charge on any atom is 0.165 e. The van der Waals surface area contributed by atoms with E-state index in [1.807, 2.05) is 0 Å². The van der Waals surface area contributed by atoms with Gasteiger partial charge in [-0.25, -0.2) is 8.78 Å². The molecule has 110 valence electrons. The maximum absolute atomic E-state index is 14.3. The topological polar surface area (TPSA) is 32.8 Å². The van der Waals surface area contributed by atoms with Gasteiger partial charge in [0.1, 0.15) is 5.60 Å². The van der Waals surface area contributed by atoms with Crippen LogP contribution in [-0.4, -0.2) is 18.3 Å². The van der Waals surface area contributed by atoms with Crippen LogP contribution >= 0.6 is 0 Å². The zero-order valence-corrected chi connectivity index (χ0v) is 11.7. The fourth-order valence-electron chi connectivity index (χ4n) is 3.21. The Morgan fingerprint density at radius 1 is 1.20 bits per heavy atom. The van der Waals surface area contributed by atoms with Gasteiger partial charge in [0.15, 0.2) is 11.6 Å². The summed E-state index contributed by atoms with van der Waals surface area (Å²) in [5.41, 5.74) is 0.160. The lowest BCUT2D eigenvalue weighted by Gasteiger charge is -2.28. The molecule has 1 N–H and O–H groups in total. The van der Waals surface area contributed by atoms with Crippen molar-refractivity contribution in [2.24, 2.45) is 5.92 Å². The molecule has 4 heteroatoms. The average Bonchev–Trinajstić information content (AvgIpc) is 3.21. The van der Waals surface area contributed by atoms with Gasteiger partial charge in [-0.1, -0.05) is 12.1 Å². The molecule has 1 aromatic carbocycles. The van der Waals surface area contributed by atoms with Crippen LogP contribution in [0.2, 0.25) is 0 Å². The van der Waals surface area contributed by atoms with Gasteiger partial charge in [0.2, 0.25) is 0 Å². The van der Waals surface area contributed by atoms with Crippen molar-refractivity contribution in [1.29, 1.82) is 0 Å². The summed E-state index contributed by atoms with van der Waals surface area (Å²) in [6, 6.07) is 3.38. The minimum Gasteiger partial charge on any atom is -0.396 e. The monoisotopic (exact) mass is 282 g/mol. The van der Waals surface area contributed by atoms with Crippen molar-refractivity contribution in [3.05, 3.63) is 34.9 Å². The number of benzene rings is 1. The molecule has 1 saturated carbocycles. The van der Waals surface area contributed by atoms with E-state index in [0.29, 0.717) is 23.7 Å². The SMILES string of the molecule is CC1(c2ccc(C3CCC(CO)CC3)c(F)c2F)CO1. The van der Waals surface area contributed by atoms with E-state index in [4.69, 9.17) is 9.84 Å². The van der Waals surface area contributed by atoms with Gasteiger partial charge < -0.3 is 9.84 Å². The van der Waals surface area contributed by atoms with Crippen LogP contribution in [0, 0.1) is 17.6 Å². The van der Waals surface area contributed by atoms with E-state index < -0.39 is 17.2 Å². The molecule has 0 amide bonds. The number of hydrogen-bond acceptors (Lipinski definition) is 2. The second-order valence-corrected chi connectivity index (χ2v) is 6.25. The molecule has 1 unspecified atom stereocenters. The fourth-order valence-corrected chi connectivity index (χ4v) is 3.21. The Balaban J connectivity index is 1.83. The van der Waals surface area contributed by atoms with Crippen LogP contribution in [0.4, 0.5) is 8.78 Å². The van der Waals surface area contributed by atoms with Crippen LogP contribution < -0.4 is 0 Å². The highest BCUT2D eigenvalue weighted by Crippen LogP contribution is 2.42. The number of epoxide rings is 1. The third-order valence-electron chi connectivity index (χ3n) is 4.80. The zero-order chi connectivity index (χ0) is 14.3. The third-order valence-corrected chi connectivity index (χ3v) is 4.80. The van der Waals surface area contributed by atoms with E-state index in [1.54, 1.807) is 19.1 Å². The van der Waals surface area contributed by atoms with Gasteiger partial charge in [-0.3, -0.25) is 0 Å². The number of aliphatic hydroxyl groups is 1.